The van der Waals surface area contributed by atoms with Crippen molar-refractivity contribution in [2.75, 3.05) is 6.54 Å². The van der Waals surface area contributed by atoms with Crippen LogP contribution in [0.25, 0.3) is 0 Å². The predicted octanol–water partition coefficient (Wildman–Crippen LogP) is 2.01. The molecule has 0 bridgehead atoms. The molecule has 0 fully saturated rings. The number of carbonyl (C=O) groups excluding carboxylic acids is 1. The number of rotatable bonds is 6. The summed E-state index contributed by atoms with van der Waals surface area (Å²) in [7, 11) is 0. The number of hydrogen-bond donors (Lipinski definition) is 3. The molecule has 0 radical (unpaired) electrons. The number of aromatic hydroxyl groups is 1. The summed E-state index contributed by atoms with van der Waals surface area (Å²) in [4.78, 5) is 10.6. The van der Waals surface area contributed by atoms with Crippen LogP contribution in [-0.4, -0.2) is 17.6 Å². The Morgan fingerprint density at radius 3 is 3.05 bits per heavy atom. The molecule has 0 aromatic heterocycles. The maximum absolute atomic E-state index is 10.6. The SMILES string of the molecule is NC(=O)CCCCNC1CCCc2cc(O)ccc21. The Bertz CT molecular complexity index is 446. The molecule has 1 aliphatic rings. The van der Waals surface area contributed by atoms with E-state index in [1.165, 1.54) is 11.1 Å². The molecule has 1 atom stereocenters. The van der Waals surface area contributed by atoms with Gasteiger partial charge in [-0.25, -0.2) is 0 Å². The van der Waals surface area contributed by atoms with E-state index in [0.717, 1.165) is 38.6 Å². The van der Waals surface area contributed by atoms with Crippen LogP contribution >= 0.6 is 0 Å². The molecule has 4 N–H and O–H groups in total. The number of fused-ring (bicyclic) bond motifs is 1. The zero-order chi connectivity index (χ0) is 13.7. The summed E-state index contributed by atoms with van der Waals surface area (Å²) in [6, 6.07) is 6.02. The lowest BCUT2D eigenvalue weighted by Gasteiger charge is -2.26. The minimum atomic E-state index is -0.224. The van der Waals surface area contributed by atoms with E-state index in [2.05, 4.69) is 5.32 Å². The molecule has 1 unspecified atom stereocenters. The first-order valence-electron chi connectivity index (χ1n) is 7.00. The fourth-order valence-corrected chi connectivity index (χ4v) is 2.71. The summed E-state index contributed by atoms with van der Waals surface area (Å²) < 4.78 is 0. The highest BCUT2D eigenvalue weighted by molar-refractivity contribution is 5.73. The van der Waals surface area contributed by atoms with Crippen LogP contribution in [0.5, 0.6) is 5.75 Å². The number of nitrogens with two attached hydrogens (primary N) is 1. The van der Waals surface area contributed by atoms with Gasteiger partial charge in [0.1, 0.15) is 5.75 Å². The molecular weight excluding hydrogens is 240 g/mol. The molecule has 4 heteroatoms. The average Bonchev–Trinajstić information content (AvgIpc) is 2.37. The van der Waals surface area contributed by atoms with Gasteiger partial charge in [0.05, 0.1) is 0 Å². The second-order valence-corrected chi connectivity index (χ2v) is 5.21. The van der Waals surface area contributed by atoms with Crippen LogP contribution in [0.2, 0.25) is 0 Å². The number of nitrogens with one attached hydrogen (secondary N) is 1. The maximum Gasteiger partial charge on any atom is 0.217 e. The zero-order valence-electron chi connectivity index (χ0n) is 11.2. The van der Waals surface area contributed by atoms with Crippen LogP contribution in [-0.2, 0) is 11.2 Å². The zero-order valence-corrected chi connectivity index (χ0v) is 11.2. The summed E-state index contributed by atoms with van der Waals surface area (Å²) in [6.07, 6.45) is 5.60. The van der Waals surface area contributed by atoms with Crippen LogP contribution in [0.4, 0.5) is 0 Å². The number of primary amides is 1. The fraction of sp³-hybridized carbons (Fsp3) is 0.533. The number of carbonyl (C=O) groups is 1. The van der Waals surface area contributed by atoms with Gasteiger partial charge in [0.15, 0.2) is 0 Å². The van der Waals surface area contributed by atoms with E-state index < -0.39 is 0 Å². The van der Waals surface area contributed by atoms with Crippen molar-refractivity contribution >= 4 is 5.91 Å². The van der Waals surface area contributed by atoms with Gasteiger partial charge in [0, 0.05) is 12.5 Å². The molecule has 104 valence electrons. The second-order valence-electron chi connectivity index (χ2n) is 5.21. The molecule has 0 saturated carbocycles. The average molecular weight is 262 g/mol. The van der Waals surface area contributed by atoms with Crippen LogP contribution in [0.3, 0.4) is 0 Å². The quantitative estimate of drug-likeness (QED) is 0.686. The van der Waals surface area contributed by atoms with Crippen molar-refractivity contribution in [2.24, 2.45) is 5.73 Å². The molecule has 1 aliphatic carbocycles. The van der Waals surface area contributed by atoms with E-state index >= 15 is 0 Å². The van der Waals surface area contributed by atoms with Gasteiger partial charge in [-0.2, -0.15) is 0 Å². The lowest BCUT2D eigenvalue weighted by atomic mass is 9.87. The summed E-state index contributed by atoms with van der Waals surface area (Å²) in [5.74, 6) is 0.124. The summed E-state index contributed by atoms with van der Waals surface area (Å²) >= 11 is 0. The Morgan fingerprint density at radius 2 is 2.26 bits per heavy atom. The molecule has 1 aromatic carbocycles. The molecule has 0 heterocycles. The van der Waals surface area contributed by atoms with Gasteiger partial charge in [0.25, 0.3) is 0 Å². The molecule has 1 aromatic rings. The van der Waals surface area contributed by atoms with Crippen molar-refractivity contribution in [1.29, 1.82) is 0 Å². The molecule has 2 rings (SSSR count). The Hall–Kier alpha value is -1.55. The Balaban J connectivity index is 1.84. The second kappa shape index (κ2) is 6.57. The summed E-state index contributed by atoms with van der Waals surface area (Å²) in [6.45, 7) is 0.901. The van der Waals surface area contributed by atoms with Gasteiger partial charge < -0.3 is 16.2 Å². The van der Waals surface area contributed by atoms with Gasteiger partial charge in [-0.15, -0.1) is 0 Å². The normalized spacial score (nSPS) is 18.0. The lowest BCUT2D eigenvalue weighted by molar-refractivity contribution is -0.118. The van der Waals surface area contributed by atoms with E-state index in [1.807, 2.05) is 12.1 Å². The smallest absolute Gasteiger partial charge is 0.217 e. The minimum absolute atomic E-state index is 0.224. The van der Waals surface area contributed by atoms with Gasteiger partial charge in [0.2, 0.25) is 5.91 Å². The third-order valence-electron chi connectivity index (χ3n) is 3.68. The number of unbranched alkanes of at least 4 members (excludes halogenated alkanes) is 1. The van der Waals surface area contributed by atoms with Crippen LogP contribution < -0.4 is 11.1 Å². The maximum atomic E-state index is 10.6. The Labute approximate surface area is 114 Å². The number of aryl methyl sites for hydroxylation is 1. The van der Waals surface area contributed by atoms with Crippen LogP contribution in [0, 0.1) is 0 Å². The van der Waals surface area contributed by atoms with E-state index in [0.29, 0.717) is 18.2 Å². The number of benzene rings is 1. The van der Waals surface area contributed by atoms with Gasteiger partial charge in [-0.05, 0) is 61.9 Å². The van der Waals surface area contributed by atoms with E-state index in [-0.39, 0.29) is 5.91 Å². The molecule has 19 heavy (non-hydrogen) atoms. The van der Waals surface area contributed by atoms with E-state index in [4.69, 9.17) is 5.73 Å². The topological polar surface area (TPSA) is 75.4 Å². The molecule has 0 saturated heterocycles. The molecule has 1 amide bonds. The monoisotopic (exact) mass is 262 g/mol. The molecule has 0 aliphatic heterocycles. The third-order valence-corrected chi connectivity index (χ3v) is 3.68. The van der Waals surface area contributed by atoms with Gasteiger partial charge in [-0.3, -0.25) is 4.79 Å². The number of hydrogen-bond acceptors (Lipinski definition) is 3. The largest absolute Gasteiger partial charge is 0.508 e. The fourth-order valence-electron chi connectivity index (χ4n) is 2.71. The Morgan fingerprint density at radius 1 is 1.42 bits per heavy atom. The van der Waals surface area contributed by atoms with Crippen LogP contribution in [0.15, 0.2) is 18.2 Å². The van der Waals surface area contributed by atoms with Crippen molar-refractivity contribution < 1.29 is 9.90 Å². The van der Waals surface area contributed by atoms with E-state index in [9.17, 15) is 9.90 Å². The highest BCUT2D eigenvalue weighted by Crippen LogP contribution is 2.31. The van der Waals surface area contributed by atoms with Crippen molar-refractivity contribution in [3.63, 3.8) is 0 Å². The predicted molar refractivity (Wildman–Crippen MR) is 74.8 cm³/mol. The van der Waals surface area contributed by atoms with Gasteiger partial charge >= 0.3 is 0 Å². The van der Waals surface area contributed by atoms with Crippen molar-refractivity contribution in [3.8, 4) is 5.75 Å². The number of phenolic OH excluding ortho intramolecular Hbond substituents is 1. The molecule has 4 nitrogen and oxygen atoms in total. The summed E-state index contributed by atoms with van der Waals surface area (Å²) in [5, 5.41) is 13.0. The standard InChI is InChI=1S/C15H22N2O2/c16-15(19)6-1-2-9-17-14-5-3-4-11-10-12(18)7-8-13(11)14/h7-8,10,14,17-18H,1-6,9H2,(H2,16,19). The summed E-state index contributed by atoms with van der Waals surface area (Å²) in [5.41, 5.74) is 7.67. The first kappa shape index (κ1) is 13.9. The van der Waals surface area contributed by atoms with Crippen molar-refractivity contribution in [2.45, 2.75) is 44.6 Å². The first-order chi connectivity index (χ1) is 9.16. The third kappa shape index (κ3) is 3.96. The Kier molecular flexibility index (Phi) is 4.80. The van der Waals surface area contributed by atoms with E-state index in [1.54, 1.807) is 6.07 Å². The highest BCUT2D eigenvalue weighted by atomic mass is 16.3. The molecule has 0 spiro atoms. The highest BCUT2D eigenvalue weighted by Gasteiger charge is 2.19. The number of amides is 1. The lowest BCUT2D eigenvalue weighted by Crippen LogP contribution is -2.26. The minimum Gasteiger partial charge on any atom is -0.508 e. The van der Waals surface area contributed by atoms with Crippen molar-refractivity contribution in [1.82, 2.24) is 5.32 Å². The van der Waals surface area contributed by atoms with Crippen LogP contribution in [0.1, 0.15) is 49.3 Å². The molecular formula is C15H22N2O2. The first-order valence-corrected chi connectivity index (χ1v) is 7.00. The number of phenols is 1. The van der Waals surface area contributed by atoms with Gasteiger partial charge in [-0.1, -0.05) is 6.07 Å². The van der Waals surface area contributed by atoms with Crippen molar-refractivity contribution in [3.05, 3.63) is 29.3 Å².